The van der Waals surface area contributed by atoms with E-state index < -0.39 is 16.5 Å². The zero-order valence-corrected chi connectivity index (χ0v) is 16.9. The third-order valence-electron chi connectivity index (χ3n) is 5.09. The van der Waals surface area contributed by atoms with Gasteiger partial charge in [-0.05, 0) is 18.4 Å². The maximum absolute atomic E-state index is 13.1. The van der Waals surface area contributed by atoms with Crippen molar-refractivity contribution in [2.24, 2.45) is 0 Å². The summed E-state index contributed by atoms with van der Waals surface area (Å²) >= 11 is 0. The van der Waals surface area contributed by atoms with Crippen LogP contribution in [0.1, 0.15) is 28.8 Å². The Morgan fingerprint density at radius 2 is 1.97 bits per heavy atom. The first kappa shape index (κ1) is 21.4. The van der Waals surface area contributed by atoms with Crippen LogP contribution < -0.4 is 14.2 Å². The van der Waals surface area contributed by atoms with Crippen molar-refractivity contribution in [2.45, 2.75) is 25.5 Å². The number of amides is 1. The number of hydrogen-bond acceptors (Lipinski definition) is 7. The summed E-state index contributed by atoms with van der Waals surface area (Å²) < 4.78 is 16.5. The smallest absolute Gasteiger partial charge is 0.327 e. The van der Waals surface area contributed by atoms with Gasteiger partial charge < -0.3 is 24.2 Å². The molecule has 2 aromatic rings. The second-order valence-electron chi connectivity index (χ2n) is 6.85. The minimum Gasteiger partial charge on any atom is -0.493 e. The molecule has 1 amide bonds. The van der Waals surface area contributed by atoms with Crippen LogP contribution in [0, 0.1) is 10.1 Å². The van der Waals surface area contributed by atoms with Gasteiger partial charge in [0.1, 0.15) is 12.2 Å². The average molecular weight is 416 g/mol. The molecule has 160 valence electrons. The monoisotopic (exact) mass is 416 g/mol. The fourth-order valence-corrected chi connectivity index (χ4v) is 3.61. The summed E-state index contributed by atoms with van der Waals surface area (Å²) in [7, 11) is 2.66. The van der Waals surface area contributed by atoms with Gasteiger partial charge in [0.05, 0.1) is 31.8 Å². The molecule has 1 aliphatic rings. The van der Waals surface area contributed by atoms with Gasteiger partial charge in [-0.1, -0.05) is 30.3 Å². The van der Waals surface area contributed by atoms with Gasteiger partial charge in [-0.15, -0.1) is 0 Å². The zero-order valence-electron chi connectivity index (χ0n) is 16.9. The molecule has 1 unspecified atom stereocenters. The number of carbonyl (C=O) groups is 1. The molecule has 1 fully saturated rings. The molecule has 0 spiro atoms. The summed E-state index contributed by atoms with van der Waals surface area (Å²) in [6.07, 6.45) is 1.36. The van der Waals surface area contributed by atoms with Crippen LogP contribution in [-0.4, -0.2) is 54.3 Å². The second-order valence-corrected chi connectivity index (χ2v) is 6.85. The first-order valence-corrected chi connectivity index (χ1v) is 9.53. The van der Waals surface area contributed by atoms with Crippen LogP contribution in [0.5, 0.6) is 17.2 Å². The quantitative estimate of drug-likeness (QED) is 0.520. The minimum absolute atomic E-state index is 0.0484. The lowest BCUT2D eigenvalue weighted by molar-refractivity contribution is -0.386. The lowest BCUT2D eigenvalue weighted by Crippen LogP contribution is -2.38. The van der Waals surface area contributed by atoms with E-state index in [0.717, 1.165) is 12.0 Å². The van der Waals surface area contributed by atoms with Gasteiger partial charge in [0.25, 0.3) is 5.91 Å². The highest BCUT2D eigenvalue weighted by atomic mass is 16.6. The van der Waals surface area contributed by atoms with Gasteiger partial charge in [-0.3, -0.25) is 14.9 Å². The maximum atomic E-state index is 13.1. The molecular weight excluding hydrogens is 392 g/mol. The van der Waals surface area contributed by atoms with Crippen molar-refractivity contribution in [1.82, 2.24) is 4.90 Å². The van der Waals surface area contributed by atoms with Crippen molar-refractivity contribution >= 4 is 11.6 Å². The van der Waals surface area contributed by atoms with Gasteiger partial charge in [0.15, 0.2) is 5.75 Å². The minimum atomic E-state index is -0.662. The van der Waals surface area contributed by atoms with Crippen LogP contribution in [0.15, 0.2) is 36.4 Å². The summed E-state index contributed by atoms with van der Waals surface area (Å²) in [4.78, 5) is 25.8. The molecule has 1 heterocycles. The number of nitro groups is 1. The van der Waals surface area contributed by atoms with Gasteiger partial charge in [-0.25, -0.2) is 0 Å². The first-order chi connectivity index (χ1) is 14.5. The van der Waals surface area contributed by atoms with Crippen molar-refractivity contribution in [1.29, 1.82) is 0 Å². The molecule has 1 atom stereocenters. The van der Waals surface area contributed by atoms with Crippen LogP contribution >= 0.6 is 0 Å². The molecule has 0 saturated carbocycles. The number of hydrogen-bond donors (Lipinski definition) is 1. The highest BCUT2D eigenvalue weighted by Gasteiger charge is 2.37. The third kappa shape index (κ3) is 4.16. The number of benzene rings is 2. The first-order valence-electron chi connectivity index (χ1n) is 9.53. The predicted octanol–water partition coefficient (Wildman–Crippen LogP) is 2.79. The van der Waals surface area contributed by atoms with Gasteiger partial charge in [-0.2, -0.15) is 0 Å². The standard InChI is InChI=1S/C21H24N2O7/c1-28-17-11-16(21(25)22-10-6-9-15(22)12-24)18(23(26)27)20(29-2)19(17)30-13-14-7-4-3-5-8-14/h3-5,7-8,11,15,24H,6,9-10,12-13H2,1-2H3. The van der Waals surface area contributed by atoms with Crippen LogP contribution in [-0.2, 0) is 6.61 Å². The lowest BCUT2D eigenvalue weighted by Gasteiger charge is -2.24. The van der Waals surface area contributed by atoms with Crippen molar-refractivity contribution < 1.29 is 29.0 Å². The summed E-state index contributed by atoms with van der Waals surface area (Å²) in [5.74, 6) is -0.536. The molecule has 3 rings (SSSR count). The molecule has 0 bridgehead atoms. The SMILES string of the molecule is COc1cc(C(=O)N2CCCC2CO)c([N+](=O)[O-])c(OC)c1OCc1ccccc1. The third-order valence-corrected chi connectivity index (χ3v) is 5.09. The van der Waals surface area contributed by atoms with Crippen LogP contribution in [0.4, 0.5) is 5.69 Å². The fourth-order valence-electron chi connectivity index (χ4n) is 3.61. The number of likely N-dealkylation sites (tertiary alicyclic amines) is 1. The number of rotatable bonds is 8. The number of aliphatic hydroxyl groups excluding tert-OH is 1. The Labute approximate surface area is 173 Å². The van der Waals surface area contributed by atoms with E-state index in [2.05, 4.69) is 0 Å². The highest BCUT2D eigenvalue weighted by molar-refractivity contribution is 6.01. The van der Waals surface area contributed by atoms with Gasteiger partial charge >= 0.3 is 5.69 Å². The number of nitrogens with zero attached hydrogens (tertiary/aromatic N) is 2. The largest absolute Gasteiger partial charge is 0.493 e. The number of nitro benzene ring substituents is 1. The highest BCUT2D eigenvalue weighted by Crippen LogP contribution is 2.47. The van der Waals surface area contributed by atoms with E-state index >= 15 is 0 Å². The van der Waals surface area contributed by atoms with Crippen LogP contribution in [0.2, 0.25) is 0 Å². The molecule has 0 aromatic heterocycles. The molecule has 0 radical (unpaired) electrons. The molecule has 9 nitrogen and oxygen atoms in total. The summed E-state index contributed by atoms with van der Waals surface area (Å²) in [6, 6.07) is 10.2. The molecule has 1 aliphatic heterocycles. The van der Waals surface area contributed by atoms with E-state index in [1.54, 1.807) is 0 Å². The molecular formula is C21H24N2O7. The topological polar surface area (TPSA) is 111 Å². The molecule has 9 heteroatoms. The van der Waals surface area contributed by atoms with Crippen LogP contribution in [0.3, 0.4) is 0 Å². The summed E-state index contributed by atoms with van der Waals surface area (Å²) in [5, 5.41) is 21.4. The van der Waals surface area contributed by atoms with Crippen molar-refractivity contribution in [3.8, 4) is 17.2 Å². The van der Waals surface area contributed by atoms with Crippen molar-refractivity contribution in [3.05, 3.63) is 57.6 Å². The number of methoxy groups -OCH3 is 2. The predicted molar refractivity (Wildman–Crippen MR) is 108 cm³/mol. The average Bonchev–Trinajstić information content (AvgIpc) is 3.25. The van der Waals surface area contributed by atoms with Crippen molar-refractivity contribution in [2.75, 3.05) is 27.4 Å². The Bertz CT molecular complexity index is 917. The summed E-state index contributed by atoms with van der Waals surface area (Å²) in [6.45, 7) is 0.348. The number of carbonyl (C=O) groups excluding carboxylic acids is 1. The Morgan fingerprint density at radius 3 is 2.57 bits per heavy atom. The number of aliphatic hydroxyl groups is 1. The Balaban J connectivity index is 2.06. The Morgan fingerprint density at radius 1 is 1.23 bits per heavy atom. The lowest BCUT2D eigenvalue weighted by atomic mass is 10.1. The fraction of sp³-hybridized carbons (Fsp3) is 0.381. The molecule has 1 saturated heterocycles. The van der Waals surface area contributed by atoms with Crippen molar-refractivity contribution in [3.63, 3.8) is 0 Å². The normalized spacial score (nSPS) is 15.7. The second kappa shape index (κ2) is 9.45. The zero-order chi connectivity index (χ0) is 21.7. The number of ether oxygens (including phenoxy) is 3. The van der Waals surface area contributed by atoms with Gasteiger partial charge in [0, 0.05) is 12.6 Å². The van der Waals surface area contributed by atoms with E-state index in [1.807, 2.05) is 30.3 Å². The van der Waals surface area contributed by atoms with E-state index in [-0.39, 0.29) is 42.1 Å². The van der Waals surface area contributed by atoms with Crippen LogP contribution in [0.25, 0.3) is 0 Å². The molecule has 2 aromatic carbocycles. The maximum Gasteiger partial charge on any atom is 0.327 e. The Kier molecular flexibility index (Phi) is 6.73. The van der Waals surface area contributed by atoms with E-state index in [4.69, 9.17) is 14.2 Å². The van der Waals surface area contributed by atoms with E-state index in [0.29, 0.717) is 13.0 Å². The molecule has 30 heavy (non-hydrogen) atoms. The molecule has 1 N–H and O–H groups in total. The Hall–Kier alpha value is -3.33. The summed E-state index contributed by atoms with van der Waals surface area (Å²) in [5.41, 5.74) is 0.198. The van der Waals surface area contributed by atoms with Gasteiger partial charge in [0.2, 0.25) is 11.5 Å². The van der Waals surface area contributed by atoms with E-state index in [9.17, 15) is 20.0 Å². The van der Waals surface area contributed by atoms with E-state index in [1.165, 1.54) is 25.2 Å². The molecule has 0 aliphatic carbocycles.